The molecule has 4 nitrogen and oxygen atoms in total. The van der Waals surface area contributed by atoms with Gasteiger partial charge in [0.1, 0.15) is 0 Å². The van der Waals surface area contributed by atoms with E-state index in [1.807, 2.05) is 0 Å². The van der Waals surface area contributed by atoms with E-state index in [4.69, 9.17) is 10.2 Å². The summed E-state index contributed by atoms with van der Waals surface area (Å²) < 4.78 is 0. The first-order valence-electron chi connectivity index (χ1n) is 7.90. The van der Waals surface area contributed by atoms with Gasteiger partial charge in [-0.05, 0) is 22.3 Å². The summed E-state index contributed by atoms with van der Waals surface area (Å²) in [5.74, 6) is -1.94. The Bertz CT molecular complexity index is 584. The van der Waals surface area contributed by atoms with Crippen LogP contribution in [0.3, 0.4) is 0 Å². The molecule has 0 heterocycles. The van der Waals surface area contributed by atoms with Gasteiger partial charge in [0.05, 0.1) is 11.8 Å². The summed E-state index contributed by atoms with van der Waals surface area (Å²) in [4.78, 5) is 19.4. The molecule has 3 rings (SSSR count). The minimum atomic E-state index is -0.741. The maximum atomic E-state index is 9.70. The Kier molecular flexibility index (Phi) is 7.18. The fourth-order valence-corrected chi connectivity index (χ4v) is 1.84. The molecule has 2 aromatic rings. The van der Waals surface area contributed by atoms with Crippen LogP contribution in [0.4, 0.5) is 0 Å². The average Bonchev–Trinajstić information content (AvgIpc) is 2.53. The second-order valence-electron chi connectivity index (χ2n) is 6.08. The second kappa shape index (κ2) is 8.87. The summed E-state index contributed by atoms with van der Waals surface area (Å²) in [6.45, 7) is 6.56. The molecule has 24 heavy (non-hydrogen) atoms. The monoisotopic (exact) mass is 328 g/mol. The molecule has 1 aliphatic rings. The molecule has 0 aliphatic heterocycles. The van der Waals surface area contributed by atoms with Crippen LogP contribution in [0.15, 0.2) is 48.5 Å². The standard InChI is InChI=1S/C12H8.2C4H8O2/c1-2-6-10-9(5-1)11-7-3-4-8-12(10)11;2*1-3(2)4(5)6/h1-8H;2*3H,1-2H3,(H,5,6). The summed E-state index contributed by atoms with van der Waals surface area (Å²) in [5, 5.41) is 16.0. The summed E-state index contributed by atoms with van der Waals surface area (Å²) >= 11 is 0. The van der Waals surface area contributed by atoms with Crippen molar-refractivity contribution in [2.75, 3.05) is 0 Å². The van der Waals surface area contributed by atoms with Gasteiger partial charge in [-0.25, -0.2) is 0 Å². The molecule has 0 radical (unpaired) electrons. The molecule has 0 fully saturated rings. The third kappa shape index (κ3) is 5.23. The number of rotatable bonds is 2. The lowest BCUT2D eigenvalue weighted by molar-refractivity contribution is -0.141. The normalized spacial score (nSPS) is 10.2. The van der Waals surface area contributed by atoms with Crippen molar-refractivity contribution >= 4 is 11.9 Å². The fourth-order valence-electron chi connectivity index (χ4n) is 1.84. The van der Waals surface area contributed by atoms with E-state index in [2.05, 4.69) is 48.5 Å². The summed E-state index contributed by atoms with van der Waals surface area (Å²) in [6, 6.07) is 17.1. The molecular formula is C20H24O4. The molecule has 0 saturated heterocycles. The van der Waals surface area contributed by atoms with E-state index >= 15 is 0 Å². The number of fused-ring (bicyclic) bond motifs is 4. The Balaban J connectivity index is 0.000000207. The predicted octanol–water partition coefficient (Wildman–Crippen LogP) is 4.79. The maximum absolute atomic E-state index is 9.70. The molecule has 0 spiro atoms. The molecule has 1 aliphatic carbocycles. The van der Waals surface area contributed by atoms with Crippen LogP contribution in [0.25, 0.3) is 22.3 Å². The second-order valence-corrected chi connectivity index (χ2v) is 6.08. The van der Waals surface area contributed by atoms with Crippen molar-refractivity contribution in [3.63, 3.8) is 0 Å². The van der Waals surface area contributed by atoms with E-state index in [1.54, 1.807) is 27.7 Å². The first-order chi connectivity index (χ1) is 11.3. The minimum Gasteiger partial charge on any atom is -0.481 e. The molecule has 4 heteroatoms. The Morgan fingerprint density at radius 3 is 0.917 bits per heavy atom. The van der Waals surface area contributed by atoms with E-state index in [1.165, 1.54) is 22.3 Å². The molecular weight excluding hydrogens is 304 g/mol. The minimum absolute atomic E-state index is 0.231. The van der Waals surface area contributed by atoms with Crippen LogP contribution >= 0.6 is 0 Å². The Hall–Kier alpha value is -2.62. The lowest BCUT2D eigenvalue weighted by Crippen LogP contribution is -2.03. The summed E-state index contributed by atoms with van der Waals surface area (Å²) in [6.07, 6.45) is 0. The van der Waals surface area contributed by atoms with Crippen LogP contribution in [0.1, 0.15) is 27.7 Å². The van der Waals surface area contributed by atoms with Gasteiger partial charge < -0.3 is 10.2 Å². The number of benzene rings is 2. The van der Waals surface area contributed by atoms with Crippen LogP contribution in [0, 0.1) is 11.8 Å². The van der Waals surface area contributed by atoms with Crippen molar-refractivity contribution in [2.24, 2.45) is 11.8 Å². The van der Waals surface area contributed by atoms with Gasteiger partial charge in [0.2, 0.25) is 0 Å². The van der Waals surface area contributed by atoms with Crippen LogP contribution in [-0.2, 0) is 9.59 Å². The predicted molar refractivity (Wildman–Crippen MR) is 95.8 cm³/mol. The Labute approximate surface area is 142 Å². The van der Waals surface area contributed by atoms with Gasteiger partial charge in [-0.15, -0.1) is 0 Å². The molecule has 0 aromatic heterocycles. The summed E-state index contributed by atoms with van der Waals surface area (Å²) in [5.41, 5.74) is 5.59. The van der Waals surface area contributed by atoms with Gasteiger partial charge in [0.25, 0.3) is 0 Å². The van der Waals surface area contributed by atoms with E-state index in [0.717, 1.165) is 0 Å². The van der Waals surface area contributed by atoms with Gasteiger partial charge in [0, 0.05) is 0 Å². The van der Waals surface area contributed by atoms with Crippen LogP contribution in [0.2, 0.25) is 0 Å². The third-order valence-corrected chi connectivity index (χ3v) is 3.42. The molecule has 0 unspecified atom stereocenters. The molecule has 2 N–H and O–H groups in total. The highest BCUT2D eigenvalue weighted by Crippen LogP contribution is 2.46. The van der Waals surface area contributed by atoms with E-state index in [-0.39, 0.29) is 11.8 Å². The van der Waals surface area contributed by atoms with E-state index in [0.29, 0.717) is 0 Å². The molecule has 128 valence electrons. The van der Waals surface area contributed by atoms with Crippen molar-refractivity contribution in [3.8, 4) is 22.3 Å². The molecule has 0 amide bonds. The van der Waals surface area contributed by atoms with Gasteiger partial charge in [-0.2, -0.15) is 0 Å². The first-order valence-corrected chi connectivity index (χ1v) is 7.90. The van der Waals surface area contributed by atoms with Gasteiger partial charge in [-0.1, -0.05) is 76.2 Å². The first kappa shape index (κ1) is 19.4. The average molecular weight is 328 g/mol. The number of carboxylic acid groups (broad SMARTS) is 2. The lowest BCUT2D eigenvalue weighted by Gasteiger charge is -2.22. The molecule has 0 atom stereocenters. The number of aliphatic carboxylic acids is 2. The highest BCUT2D eigenvalue weighted by atomic mass is 16.4. The molecule has 2 aromatic carbocycles. The SMILES string of the molecule is CC(C)C(=O)O.CC(C)C(=O)O.c1ccc2c(c1)-c1ccccc1-2. The highest BCUT2D eigenvalue weighted by Gasteiger charge is 2.19. The number of hydrogen-bond acceptors (Lipinski definition) is 2. The zero-order chi connectivity index (χ0) is 18.3. The van der Waals surface area contributed by atoms with E-state index in [9.17, 15) is 9.59 Å². The largest absolute Gasteiger partial charge is 0.481 e. The quantitative estimate of drug-likeness (QED) is 0.709. The lowest BCUT2D eigenvalue weighted by atomic mass is 9.81. The summed E-state index contributed by atoms with van der Waals surface area (Å²) in [7, 11) is 0. The van der Waals surface area contributed by atoms with Gasteiger partial charge >= 0.3 is 11.9 Å². The van der Waals surface area contributed by atoms with Gasteiger partial charge in [-0.3, -0.25) is 9.59 Å². The Morgan fingerprint density at radius 2 is 0.792 bits per heavy atom. The maximum Gasteiger partial charge on any atom is 0.305 e. The molecule has 0 bridgehead atoms. The van der Waals surface area contributed by atoms with Crippen LogP contribution < -0.4 is 0 Å². The number of carboxylic acids is 2. The van der Waals surface area contributed by atoms with Crippen LogP contribution in [0.5, 0.6) is 0 Å². The van der Waals surface area contributed by atoms with Crippen molar-refractivity contribution in [1.29, 1.82) is 0 Å². The van der Waals surface area contributed by atoms with Gasteiger partial charge in [0.15, 0.2) is 0 Å². The van der Waals surface area contributed by atoms with E-state index < -0.39 is 11.9 Å². The third-order valence-electron chi connectivity index (χ3n) is 3.42. The van der Waals surface area contributed by atoms with Crippen molar-refractivity contribution in [1.82, 2.24) is 0 Å². The zero-order valence-electron chi connectivity index (χ0n) is 14.5. The fraction of sp³-hybridized carbons (Fsp3) is 0.300. The smallest absolute Gasteiger partial charge is 0.305 e. The number of carbonyl (C=O) groups is 2. The van der Waals surface area contributed by atoms with Crippen LogP contribution in [-0.4, -0.2) is 22.2 Å². The van der Waals surface area contributed by atoms with Crippen molar-refractivity contribution in [3.05, 3.63) is 48.5 Å². The topological polar surface area (TPSA) is 74.6 Å². The zero-order valence-corrected chi connectivity index (χ0v) is 14.5. The Morgan fingerprint density at radius 1 is 0.625 bits per heavy atom. The van der Waals surface area contributed by atoms with Crippen molar-refractivity contribution in [2.45, 2.75) is 27.7 Å². The van der Waals surface area contributed by atoms with Crippen molar-refractivity contribution < 1.29 is 19.8 Å². The molecule has 0 saturated carbocycles. The number of hydrogen-bond donors (Lipinski definition) is 2. The highest BCUT2D eigenvalue weighted by molar-refractivity contribution is 6.02.